The standard InChI is InChI=1S/C6H10N2.C2H6O4S/c1-3-8-5-4-7(2)6-8;1-2-6-7(3,4)5/h4-5H,3H2,1-2H3;2H2,1H3,(H,3,4,5)/q+1;/p-1. The Balaban J connectivity index is 0.000000265. The van der Waals surface area contributed by atoms with Gasteiger partial charge >= 0.3 is 6.67 Å². The molecule has 0 bridgehead atoms. The fraction of sp³-hybridized carbons (Fsp3) is 0.625. The minimum Gasteiger partial charge on any atom is -0.726 e. The van der Waals surface area contributed by atoms with Gasteiger partial charge in [-0.25, -0.2) is 8.42 Å². The minimum atomic E-state index is -4.42. The highest BCUT2D eigenvalue weighted by molar-refractivity contribution is 7.80. The Hall–Kier alpha value is -0.920. The Morgan fingerprint density at radius 2 is 2.00 bits per heavy atom. The molecule has 1 rings (SSSR count). The summed E-state index contributed by atoms with van der Waals surface area (Å²) in [5.74, 6) is 0. The van der Waals surface area contributed by atoms with Crippen molar-refractivity contribution < 1.29 is 17.2 Å². The molecule has 0 saturated carbocycles. The summed E-state index contributed by atoms with van der Waals surface area (Å²) in [6, 6.07) is 0. The van der Waals surface area contributed by atoms with Crippen molar-refractivity contribution in [3.8, 4) is 0 Å². The van der Waals surface area contributed by atoms with Crippen molar-refractivity contribution in [1.29, 1.82) is 0 Å². The molecule has 0 N–H and O–H groups in total. The van der Waals surface area contributed by atoms with Gasteiger partial charge in [-0.2, -0.15) is 0 Å². The highest BCUT2D eigenvalue weighted by Gasteiger charge is 2.25. The Labute approximate surface area is 91.1 Å². The lowest BCUT2D eigenvalue weighted by atomic mass is 10.6. The second-order valence-corrected chi connectivity index (χ2v) is 3.66. The number of rotatable bonds is 3. The van der Waals surface area contributed by atoms with Crippen molar-refractivity contribution >= 4 is 10.4 Å². The SMILES string of the molecule is CCN1[C+]N(C)C=C1.CCOS(=O)(=O)[O-]. The Morgan fingerprint density at radius 1 is 1.40 bits per heavy atom. The summed E-state index contributed by atoms with van der Waals surface area (Å²) in [7, 11) is -2.46. The number of nitrogens with zero attached hydrogens (tertiary/aromatic N) is 2. The molecule has 0 fully saturated rings. The summed E-state index contributed by atoms with van der Waals surface area (Å²) in [5, 5.41) is 0. The normalized spacial score (nSPS) is 14.7. The van der Waals surface area contributed by atoms with E-state index in [1.54, 1.807) is 0 Å². The van der Waals surface area contributed by atoms with Crippen LogP contribution in [-0.4, -0.2) is 43.0 Å². The van der Waals surface area contributed by atoms with Crippen LogP contribution < -0.4 is 0 Å². The van der Waals surface area contributed by atoms with Gasteiger partial charge in [-0.15, -0.1) is 9.80 Å². The first kappa shape index (κ1) is 14.1. The van der Waals surface area contributed by atoms with Crippen LogP contribution in [0.5, 0.6) is 0 Å². The first-order valence-electron chi connectivity index (χ1n) is 4.43. The van der Waals surface area contributed by atoms with Gasteiger partial charge in [0, 0.05) is 0 Å². The summed E-state index contributed by atoms with van der Waals surface area (Å²) in [6.45, 7) is 7.49. The molecule has 0 spiro atoms. The van der Waals surface area contributed by atoms with Gasteiger partial charge in [0.2, 0.25) is 10.4 Å². The summed E-state index contributed by atoms with van der Waals surface area (Å²) in [5.41, 5.74) is 0. The summed E-state index contributed by atoms with van der Waals surface area (Å²) in [6.07, 6.45) is 3.98. The van der Waals surface area contributed by atoms with Crippen molar-refractivity contribution in [2.45, 2.75) is 13.8 Å². The zero-order chi connectivity index (χ0) is 11.9. The van der Waals surface area contributed by atoms with Crippen LogP contribution >= 0.6 is 0 Å². The van der Waals surface area contributed by atoms with Crippen LogP contribution in [0.3, 0.4) is 0 Å². The van der Waals surface area contributed by atoms with E-state index in [1.807, 2.05) is 29.2 Å². The van der Waals surface area contributed by atoms with E-state index >= 15 is 0 Å². The smallest absolute Gasteiger partial charge is 0.564 e. The van der Waals surface area contributed by atoms with Gasteiger partial charge < -0.3 is 4.55 Å². The van der Waals surface area contributed by atoms with E-state index in [1.165, 1.54) is 6.92 Å². The molecule has 1 radical (unpaired) electrons. The van der Waals surface area contributed by atoms with Crippen LogP contribution in [0.1, 0.15) is 13.8 Å². The summed E-state index contributed by atoms with van der Waals surface area (Å²) in [4.78, 5) is 3.91. The monoisotopic (exact) mass is 235 g/mol. The van der Waals surface area contributed by atoms with Crippen LogP contribution in [0.15, 0.2) is 12.4 Å². The lowest BCUT2D eigenvalue weighted by Crippen LogP contribution is -2.15. The fourth-order valence-corrected chi connectivity index (χ4v) is 1.06. The molecular formula is C8H15N2O4S. The molecule has 0 saturated heterocycles. The van der Waals surface area contributed by atoms with Gasteiger partial charge in [-0.1, -0.05) is 0 Å². The van der Waals surface area contributed by atoms with Crippen LogP contribution in [-0.2, 0) is 14.6 Å². The van der Waals surface area contributed by atoms with Crippen molar-refractivity contribution in [1.82, 2.24) is 9.80 Å². The predicted molar refractivity (Wildman–Crippen MR) is 53.8 cm³/mol. The average molecular weight is 235 g/mol. The molecule has 0 aromatic rings. The molecule has 15 heavy (non-hydrogen) atoms. The van der Waals surface area contributed by atoms with Gasteiger partial charge in [0.25, 0.3) is 0 Å². The molecule has 0 unspecified atom stereocenters. The first-order chi connectivity index (χ1) is 6.89. The van der Waals surface area contributed by atoms with Crippen LogP contribution in [0.4, 0.5) is 0 Å². The van der Waals surface area contributed by atoms with Gasteiger partial charge in [0.05, 0.1) is 32.6 Å². The largest absolute Gasteiger partial charge is 0.726 e. The molecule has 1 aliphatic heterocycles. The molecule has 1 heterocycles. The van der Waals surface area contributed by atoms with E-state index in [4.69, 9.17) is 0 Å². The molecule has 7 heteroatoms. The predicted octanol–water partition coefficient (Wildman–Crippen LogP) is 0.204. The van der Waals surface area contributed by atoms with Gasteiger partial charge in [0.1, 0.15) is 0 Å². The second kappa shape index (κ2) is 6.54. The number of hydrogen-bond acceptors (Lipinski definition) is 6. The molecule has 0 aliphatic carbocycles. The summed E-state index contributed by atoms with van der Waals surface area (Å²) >= 11 is 0. The Kier molecular flexibility index (Phi) is 6.14. The maximum atomic E-state index is 9.45. The summed E-state index contributed by atoms with van der Waals surface area (Å²) < 4.78 is 32.0. The highest BCUT2D eigenvalue weighted by Crippen LogP contribution is 2.06. The molecule has 0 atom stereocenters. The fourth-order valence-electron chi connectivity index (χ4n) is 0.770. The van der Waals surface area contributed by atoms with Crippen LogP contribution in [0.25, 0.3) is 0 Å². The van der Waals surface area contributed by atoms with Crippen molar-refractivity contribution in [3.05, 3.63) is 19.1 Å². The van der Waals surface area contributed by atoms with Crippen molar-refractivity contribution in [2.75, 3.05) is 20.2 Å². The average Bonchev–Trinajstić information content (AvgIpc) is 2.50. The van der Waals surface area contributed by atoms with Gasteiger partial charge in [-0.3, -0.25) is 4.18 Å². The van der Waals surface area contributed by atoms with E-state index in [9.17, 15) is 13.0 Å². The maximum absolute atomic E-state index is 9.45. The van der Waals surface area contributed by atoms with E-state index < -0.39 is 10.4 Å². The van der Waals surface area contributed by atoms with Gasteiger partial charge in [0.15, 0.2) is 0 Å². The van der Waals surface area contributed by atoms with E-state index in [2.05, 4.69) is 17.8 Å². The van der Waals surface area contributed by atoms with Crippen LogP contribution in [0.2, 0.25) is 0 Å². The Morgan fingerprint density at radius 3 is 2.13 bits per heavy atom. The topological polar surface area (TPSA) is 72.9 Å². The van der Waals surface area contributed by atoms with E-state index in [0.29, 0.717) is 0 Å². The molecule has 87 valence electrons. The molecular weight excluding hydrogens is 220 g/mol. The third kappa shape index (κ3) is 8.10. The third-order valence-corrected chi connectivity index (χ3v) is 1.88. The second-order valence-electron chi connectivity index (χ2n) is 2.61. The van der Waals surface area contributed by atoms with Gasteiger partial charge in [-0.05, 0) is 13.8 Å². The Bertz CT molecular complexity index is 289. The zero-order valence-electron chi connectivity index (χ0n) is 9.00. The maximum Gasteiger partial charge on any atom is 0.564 e. The molecule has 0 aromatic heterocycles. The lowest BCUT2D eigenvalue weighted by molar-refractivity contribution is 0.275. The van der Waals surface area contributed by atoms with Crippen LogP contribution in [0, 0.1) is 6.67 Å². The van der Waals surface area contributed by atoms with E-state index in [-0.39, 0.29) is 6.61 Å². The highest BCUT2D eigenvalue weighted by atomic mass is 32.3. The molecule has 6 nitrogen and oxygen atoms in total. The van der Waals surface area contributed by atoms with E-state index in [0.717, 1.165) is 6.54 Å². The minimum absolute atomic E-state index is 0.0914. The van der Waals surface area contributed by atoms with Crippen molar-refractivity contribution in [2.24, 2.45) is 0 Å². The lowest BCUT2D eigenvalue weighted by Gasteiger charge is -2.02. The first-order valence-corrected chi connectivity index (χ1v) is 5.76. The third-order valence-electron chi connectivity index (χ3n) is 1.36. The zero-order valence-corrected chi connectivity index (χ0v) is 9.82. The molecule has 1 aliphatic rings. The van der Waals surface area contributed by atoms with Crippen molar-refractivity contribution in [3.63, 3.8) is 0 Å². The molecule has 0 aromatic carbocycles. The number of hydrogen-bond donors (Lipinski definition) is 0. The molecule has 0 amide bonds. The quantitative estimate of drug-likeness (QED) is 0.395.